The van der Waals surface area contributed by atoms with Crippen molar-refractivity contribution < 1.29 is 23.1 Å². The van der Waals surface area contributed by atoms with Gasteiger partial charge in [-0.1, -0.05) is 25.1 Å². The van der Waals surface area contributed by atoms with E-state index in [-0.39, 0.29) is 0 Å². The van der Waals surface area contributed by atoms with E-state index in [1.165, 1.54) is 36.1 Å². The maximum Gasteiger partial charge on any atom is 0.490 e. The molecule has 3 N–H and O–H groups in total. The number of aromatic nitrogens is 2. The number of thiophene rings is 1. The highest BCUT2D eigenvalue weighted by Gasteiger charge is 2.38. The summed E-state index contributed by atoms with van der Waals surface area (Å²) in [6.07, 6.45) is 1.14. The standard InChI is InChI=1S/C13H17N3S2.C2HF3O2/c1-2-17-13-15-11(14)10-8-6-4-3-5-7-9(8)18-12(10)16-13;3-2(4,5)1(6)7/h2-7H2,1H3,(H2,14,15,16);(H,6,7). The van der Waals surface area contributed by atoms with Crippen LogP contribution in [0.15, 0.2) is 5.16 Å². The normalized spacial score (nSPS) is 14.4. The molecule has 138 valence electrons. The van der Waals surface area contributed by atoms with Gasteiger partial charge < -0.3 is 10.8 Å². The molecule has 0 saturated carbocycles. The lowest BCUT2D eigenvalue weighted by molar-refractivity contribution is -0.192. The van der Waals surface area contributed by atoms with Crippen LogP contribution in [0.3, 0.4) is 0 Å². The zero-order valence-corrected chi connectivity index (χ0v) is 15.2. The summed E-state index contributed by atoms with van der Waals surface area (Å²) in [7, 11) is 0. The van der Waals surface area contributed by atoms with E-state index in [0.29, 0.717) is 5.82 Å². The molecule has 0 saturated heterocycles. The Hall–Kier alpha value is -1.55. The van der Waals surface area contributed by atoms with Crippen LogP contribution in [0, 0.1) is 0 Å². The minimum atomic E-state index is -5.08. The first kappa shape index (κ1) is 19.8. The molecule has 0 aromatic carbocycles. The number of halogens is 3. The zero-order chi connectivity index (χ0) is 18.6. The van der Waals surface area contributed by atoms with Crippen LogP contribution in [0.5, 0.6) is 0 Å². The predicted molar refractivity (Wildman–Crippen MR) is 93.2 cm³/mol. The van der Waals surface area contributed by atoms with Gasteiger partial charge in [0.25, 0.3) is 0 Å². The van der Waals surface area contributed by atoms with Crippen molar-refractivity contribution in [1.29, 1.82) is 0 Å². The fourth-order valence-electron chi connectivity index (χ4n) is 2.54. The van der Waals surface area contributed by atoms with Crippen LogP contribution < -0.4 is 5.73 Å². The quantitative estimate of drug-likeness (QED) is 0.450. The van der Waals surface area contributed by atoms with Gasteiger partial charge in [0, 0.05) is 4.88 Å². The van der Waals surface area contributed by atoms with Gasteiger partial charge >= 0.3 is 12.1 Å². The van der Waals surface area contributed by atoms with Gasteiger partial charge in [0.1, 0.15) is 10.6 Å². The predicted octanol–water partition coefficient (Wildman–Crippen LogP) is 4.29. The van der Waals surface area contributed by atoms with Crippen molar-refractivity contribution in [3.63, 3.8) is 0 Å². The van der Waals surface area contributed by atoms with E-state index < -0.39 is 12.1 Å². The monoisotopic (exact) mass is 393 g/mol. The molecule has 0 atom stereocenters. The number of aliphatic carboxylic acids is 1. The number of nitrogens with zero attached hydrogens (tertiary/aromatic N) is 2. The summed E-state index contributed by atoms with van der Waals surface area (Å²) in [5, 5.41) is 9.08. The second-order valence-corrected chi connectivity index (χ2v) is 7.69. The lowest BCUT2D eigenvalue weighted by atomic mass is 10.1. The molecule has 3 rings (SSSR count). The lowest BCUT2D eigenvalue weighted by Crippen LogP contribution is -2.21. The van der Waals surface area contributed by atoms with Gasteiger partial charge in [0.15, 0.2) is 5.16 Å². The number of alkyl halides is 3. The molecular weight excluding hydrogens is 375 g/mol. The van der Waals surface area contributed by atoms with Crippen LogP contribution in [0.25, 0.3) is 10.2 Å². The summed E-state index contributed by atoms with van der Waals surface area (Å²) in [5.41, 5.74) is 7.58. The first-order valence-electron chi connectivity index (χ1n) is 7.74. The Morgan fingerprint density at radius 3 is 2.52 bits per heavy atom. The van der Waals surface area contributed by atoms with E-state index in [2.05, 4.69) is 16.9 Å². The van der Waals surface area contributed by atoms with Crippen LogP contribution >= 0.6 is 23.1 Å². The average molecular weight is 393 g/mol. The lowest BCUT2D eigenvalue weighted by Gasteiger charge is -2.03. The number of hydrogen-bond donors (Lipinski definition) is 2. The highest BCUT2D eigenvalue weighted by Crippen LogP contribution is 2.37. The molecule has 0 fully saturated rings. The number of nitrogens with two attached hydrogens (primary N) is 1. The SMILES string of the molecule is CCSc1nc(N)c2c3c(sc2n1)CCCCC3.O=C(O)C(F)(F)F. The maximum atomic E-state index is 10.6. The number of hydrogen-bond acceptors (Lipinski definition) is 6. The number of rotatable bonds is 2. The van der Waals surface area contributed by atoms with Gasteiger partial charge in [-0.05, 0) is 37.0 Å². The molecule has 10 heteroatoms. The number of carboxylic acid groups (broad SMARTS) is 1. The number of carboxylic acids is 1. The van der Waals surface area contributed by atoms with Crippen molar-refractivity contribution in [2.45, 2.75) is 50.4 Å². The number of carbonyl (C=O) groups is 1. The van der Waals surface area contributed by atoms with Crippen LogP contribution in [-0.2, 0) is 17.6 Å². The van der Waals surface area contributed by atoms with Crippen molar-refractivity contribution in [3.8, 4) is 0 Å². The Labute approximate surface area is 150 Å². The van der Waals surface area contributed by atoms with Gasteiger partial charge in [-0.2, -0.15) is 13.2 Å². The van der Waals surface area contributed by atoms with Crippen molar-refractivity contribution >= 4 is 45.1 Å². The van der Waals surface area contributed by atoms with E-state index in [1.807, 2.05) is 11.3 Å². The summed E-state index contributed by atoms with van der Waals surface area (Å²) >= 11 is 3.48. The van der Waals surface area contributed by atoms with E-state index in [4.69, 9.17) is 15.6 Å². The average Bonchev–Trinajstić information content (AvgIpc) is 2.70. The number of nitrogen functional groups attached to an aromatic ring is 1. The summed E-state index contributed by atoms with van der Waals surface area (Å²) < 4.78 is 31.7. The summed E-state index contributed by atoms with van der Waals surface area (Å²) in [5.74, 6) is -1.10. The summed E-state index contributed by atoms with van der Waals surface area (Å²) in [4.78, 5) is 20.6. The van der Waals surface area contributed by atoms with Gasteiger partial charge in [-0.25, -0.2) is 14.8 Å². The second kappa shape index (κ2) is 8.22. The molecule has 0 radical (unpaired) electrons. The zero-order valence-electron chi connectivity index (χ0n) is 13.5. The highest BCUT2D eigenvalue weighted by molar-refractivity contribution is 7.99. The Bertz CT molecular complexity index is 763. The van der Waals surface area contributed by atoms with E-state index >= 15 is 0 Å². The molecule has 0 unspecified atom stereocenters. The highest BCUT2D eigenvalue weighted by atomic mass is 32.2. The largest absolute Gasteiger partial charge is 0.490 e. The van der Waals surface area contributed by atoms with E-state index in [0.717, 1.165) is 27.5 Å². The topological polar surface area (TPSA) is 89.1 Å². The molecule has 2 heterocycles. The van der Waals surface area contributed by atoms with Crippen molar-refractivity contribution in [2.24, 2.45) is 0 Å². The van der Waals surface area contributed by atoms with Gasteiger partial charge in [0.05, 0.1) is 5.39 Å². The summed E-state index contributed by atoms with van der Waals surface area (Å²) in [6.45, 7) is 2.11. The molecule has 1 aliphatic rings. The first-order valence-corrected chi connectivity index (χ1v) is 9.55. The molecule has 0 bridgehead atoms. The van der Waals surface area contributed by atoms with Crippen LogP contribution in [0.1, 0.15) is 36.6 Å². The van der Waals surface area contributed by atoms with Gasteiger partial charge in [-0.15, -0.1) is 11.3 Å². The van der Waals surface area contributed by atoms with Crippen LogP contribution in [-0.4, -0.2) is 33.0 Å². The molecule has 25 heavy (non-hydrogen) atoms. The Morgan fingerprint density at radius 2 is 1.92 bits per heavy atom. The van der Waals surface area contributed by atoms with Gasteiger partial charge in [-0.3, -0.25) is 0 Å². The Kier molecular flexibility index (Phi) is 6.50. The fourth-order valence-corrected chi connectivity index (χ4v) is 4.44. The Balaban J connectivity index is 0.000000277. The number of fused-ring (bicyclic) bond motifs is 3. The minimum Gasteiger partial charge on any atom is -0.475 e. The van der Waals surface area contributed by atoms with Crippen molar-refractivity contribution in [3.05, 3.63) is 10.4 Å². The molecule has 0 spiro atoms. The molecular formula is C15H18F3N3O2S2. The third-order valence-electron chi connectivity index (χ3n) is 3.59. The van der Waals surface area contributed by atoms with Crippen molar-refractivity contribution in [2.75, 3.05) is 11.5 Å². The first-order chi connectivity index (χ1) is 11.7. The third-order valence-corrected chi connectivity index (χ3v) is 5.50. The number of aryl methyl sites for hydroxylation is 2. The number of anilines is 1. The molecule has 5 nitrogen and oxygen atoms in total. The second-order valence-electron chi connectivity index (χ2n) is 5.37. The smallest absolute Gasteiger partial charge is 0.475 e. The molecule has 1 aliphatic carbocycles. The van der Waals surface area contributed by atoms with E-state index in [9.17, 15) is 13.2 Å². The fraction of sp³-hybridized carbons (Fsp3) is 0.533. The Morgan fingerprint density at radius 1 is 1.28 bits per heavy atom. The van der Waals surface area contributed by atoms with Crippen LogP contribution in [0.4, 0.5) is 19.0 Å². The third kappa shape index (κ3) is 4.97. The maximum absolute atomic E-state index is 10.6. The molecule has 0 amide bonds. The molecule has 2 aromatic rings. The minimum absolute atomic E-state index is 0.676. The van der Waals surface area contributed by atoms with Crippen molar-refractivity contribution in [1.82, 2.24) is 9.97 Å². The van der Waals surface area contributed by atoms with E-state index in [1.54, 1.807) is 11.8 Å². The molecule has 2 aromatic heterocycles. The van der Waals surface area contributed by atoms with Gasteiger partial charge in [0.2, 0.25) is 0 Å². The summed E-state index contributed by atoms with van der Waals surface area (Å²) in [6, 6.07) is 0. The number of thioether (sulfide) groups is 1. The molecule has 0 aliphatic heterocycles. The van der Waals surface area contributed by atoms with Crippen LogP contribution in [0.2, 0.25) is 0 Å².